The fourth-order valence-electron chi connectivity index (χ4n) is 3.26. The van der Waals surface area contributed by atoms with Gasteiger partial charge in [-0.3, -0.25) is 15.6 Å². The number of rotatable bonds is 6. The van der Waals surface area contributed by atoms with Gasteiger partial charge in [-0.15, -0.1) is 0 Å². The van der Waals surface area contributed by atoms with Crippen LogP contribution in [0.25, 0.3) is 0 Å². The molecule has 0 aliphatic carbocycles. The summed E-state index contributed by atoms with van der Waals surface area (Å²) < 4.78 is 70.2. The fraction of sp³-hybridized carbons (Fsp3) is 0.350. The summed E-state index contributed by atoms with van der Waals surface area (Å²) in [5, 5.41) is 0. The minimum atomic E-state index is -4.48. The van der Waals surface area contributed by atoms with E-state index in [1.165, 1.54) is 35.7 Å². The van der Waals surface area contributed by atoms with Crippen molar-refractivity contribution in [3.63, 3.8) is 0 Å². The third kappa shape index (κ3) is 5.47. The van der Waals surface area contributed by atoms with E-state index in [9.17, 15) is 26.4 Å². The highest BCUT2D eigenvalue weighted by Crippen LogP contribution is 2.30. The van der Waals surface area contributed by atoms with Crippen LogP contribution in [0.1, 0.15) is 18.4 Å². The van der Waals surface area contributed by atoms with Crippen molar-refractivity contribution < 1.29 is 31.1 Å². The van der Waals surface area contributed by atoms with Crippen molar-refractivity contribution in [2.75, 3.05) is 25.6 Å². The van der Waals surface area contributed by atoms with Crippen molar-refractivity contribution in [3.8, 4) is 5.75 Å². The third-order valence-electron chi connectivity index (χ3n) is 5.04. The summed E-state index contributed by atoms with van der Waals surface area (Å²) in [6.07, 6.45) is -3.89. The van der Waals surface area contributed by atoms with Gasteiger partial charge in [-0.1, -0.05) is 6.07 Å². The van der Waals surface area contributed by atoms with E-state index in [1.54, 1.807) is 12.1 Å². The third-order valence-corrected chi connectivity index (χ3v) is 6.95. The number of alkyl halides is 3. The summed E-state index contributed by atoms with van der Waals surface area (Å²) in [5.74, 6) is -0.317. The Morgan fingerprint density at radius 3 is 2.32 bits per heavy atom. The highest BCUT2D eigenvalue weighted by molar-refractivity contribution is 7.89. The van der Waals surface area contributed by atoms with Gasteiger partial charge in [0.2, 0.25) is 15.9 Å². The van der Waals surface area contributed by atoms with Crippen LogP contribution in [0.3, 0.4) is 0 Å². The van der Waals surface area contributed by atoms with Gasteiger partial charge in [0.25, 0.3) is 0 Å². The molecule has 7 nitrogen and oxygen atoms in total. The number of piperidine rings is 1. The average Bonchev–Trinajstić information content (AvgIpc) is 2.77. The Labute approximate surface area is 178 Å². The van der Waals surface area contributed by atoms with Gasteiger partial charge in [0.15, 0.2) is 0 Å². The number of halogens is 3. The number of nitrogens with one attached hydrogen (secondary N) is 2. The van der Waals surface area contributed by atoms with Crippen molar-refractivity contribution in [1.29, 1.82) is 0 Å². The molecule has 0 atom stereocenters. The van der Waals surface area contributed by atoms with Crippen LogP contribution in [0.5, 0.6) is 5.75 Å². The fourth-order valence-corrected chi connectivity index (χ4v) is 4.73. The predicted octanol–water partition coefficient (Wildman–Crippen LogP) is 3.26. The van der Waals surface area contributed by atoms with E-state index in [0.29, 0.717) is 18.6 Å². The molecule has 1 heterocycles. The number of hydrogen-bond acceptors (Lipinski definition) is 5. The first-order chi connectivity index (χ1) is 14.6. The van der Waals surface area contributed by atoms with Gasteiger partial charge in [0.1, 0.15) is 5.75 Å². The number of benzene rings is 2. The second-order valence-corrected chi connectivity index (χ2v) is 8.98. The van der Waals surface area contributed by atoms with E-state index >= 15 is 0 Å². The molecule has 0 bridgehead atoms. The molecule has 1 saturated heterocycles. The first-order valence-corrected chi connectivity index (χ1v) is 10.9. The van der Waals surface area contributed by atoms with E-state index in [4.69, 9.17) is 4.74 Å². The molecule has 1 amide bonds. The van der Waals surface area contributed by atoms with Crippen LogP contribution in [-0.2, 0) is 21.0 Å². The monoisotopic (exact) mass is 457 g/mol. The molecule has 1 fully saturated rings. The molecule has 0 spiro atoms. The van der Waals surface area contributed by atoms with Crippen LogP contribution < -0.4 is 15.6 Å². The molecule has 2 aromatic carbocycles. The topological polar surface area (TPSA) is 87.7 Å². The maximum Gasteiger partial charge on any atom is 0.416 e. The SMILES string of the molecule is COc1ccc(S(=O)(=O)N2CCC(C(=O)NNc3cccc(C(F)(F)F)c3)CC2)cc1. The highest BCUT2D eigenvalue weighted by Gasteiger charge is 2.33. The van der Waals surface area contributed by atoms with Gasteiger partial charge in [0, 0.05) is 19.0 Å². The van der Waals surface area contributed by atoms with Gasteiger partial charge in [-0.05, 0) is 55.3 Å². The summed E-state index contributed by atoms with van der Waals surface area (Å²) in [7, 11) is -2.20. The summed E-state index contributed by atoms with van der Waals surface area (Å²) in [5.41, 5.74) is 4.17. The molecule has 11 heteroatoms. The lowest BCUT2D eigenvalue weighted by Gasteiger charge is -2.30. The number of sulfonamides is 1. The van der Waals surface area contributed by atoms with Crippen LogP contribution in [0.4, 0.5) is 18.9 Å². The molecular weight excluding hydrogens is 435 g/mol. The molecule has 2 N–H and O–H groups in total. The highest BCUT2D eigenvalue weighted by atomic mass is 32.2. The molecule has 1 aliphatic rings. The Bertz CT molecular complexity index is 1020. The van der Waals surface area contributed by atoms with E-state index < -0.39 is 33.6 Å². The Kier molecular flexibility index (Phi) is 6.75. The van der Waals surface area contributed by atoms with Crippen molar-refractivity contribution >= 4 is 21.6 Å². The maximum atomic E-state index is 12.8. The molecule has 0 unspecified atom stereocenters. The zero-order valence-corrected chi connectivity index (χ0v) is 17.5. The lowest BCUT2D eigenvalue weighted by atomic mass is 9.98. The van der Waals surface area contributed by atoms with Crippen LogP contribution in [-0.4, -0.2) is 38.8 Å². The largest absolute Gasteiger partial charge is 0.497 e. The van der Waals surface area contributed by atoms with Crippen molar-refractivity contribution in [2.24, 2.45) is 5.92 Å². The lowest BCUT2D eigenvalue weighted by molar-refractivity contribution is -0.137. The summed E-state index contributed by atoms with van der Waals surface area (Å²) in [6.45, 7) is 0.325. The zero-order valence-electron chi connectivity index (χ0n) is 16.6. The quantitative estimate of drug-likeness (QED) is 0.651. The van der Waals surface area contributed by atoms with Crippen molar-refractivity contribution in [1.82, 2.24) is 9.73 Å². The molecule has 0 saturated carbocycles. The van der Waals surface area contributed by atoms with Gasteiger partial charge < -0.3 is 4.74 Å². The first kappa shape index (κ1) is 22.9. The summed E-state index contributed by atoms with van der Waals surface area (Å²) in [4.78, 5) is 12.5. The first-order valence-electron chi connectivity index (χ1n) is 9.48. The second-order valence-electron chi connectivity index (χ2n) is 7.05. The second kappa shape index (κ2) is 9.15. The number of carbonyl (C=O) groups excluding carboxylic acids is 1. The minimum absolute atomic E-state index is 0.0997. The van der Waals surface area contributed by atoms with Gasteiger partial charge in [-0.2, -0.15) is 17.5 Å². The lowest BCUT2D eigenvalue weighted by Crippen LogP contribution is -2.44. The smallest absolute Gasteiger partial charge is 0.416 e. The molecule has 2 aromatic rings. The van der Waals surface area contributed by atoms with E-state index in [0.717, 1.165) is 12.1 Å². The maximum absolute atomic E-state index is 12.8. The van der Waals surface area contributed by atoms with Gasteiger partial charge in [0.05, 0.1) is 23.3 Å². The number of anilines is 1. The average molecular weight is 457 g/mol. The van der Waals surface area contributed by atoms with Crippen LogP contribution in [0.2, 0.25) is 0 Å². The Morgan fingerprint density at radius 1 is 1.10 bits per heavy atom. The molecule has 1 aliphatic heterocycles. The number of methoxy groups -OCH3 is 1. The van der Waals surface area contributed by atoms with Crippen LogP contribution in [0, 0.1) is 5.92 Å². The molecule has 168 valence electrons. The molecule has 0 aromatic heterocycles. The van der Waals surface area contributed by atoms with Gasteiger partial charge >= 0.3 is 6.18 Å². The summed E-state index contributed by atoms with van der Waals surface area (Å²) >= 11 is 0. The predicted molar refractivity (Wildman–Crippen MR) is 108 cm³/mol. The van der Waals surface area contributed by atoms with E-state index in [1.807, 2.05) is 0 Å². The van der Waals surface area contributed by atoms with Crippen molar-refractivity contribution in [3.05, 3.63) is 54.1 Å². The Morgan fingerprint density at radius 2 is 1.74 bits per heavy atom. The number of hydrazine groups is 1. The van der Waals surface area contributed by atoms with E-state index in [2.05, 4.69) is 10.9 Å². The summed E-state index contributed by atoms with van der Waals surface area (Å²) in [6, 6.07) is 10.5. The molecular formula is C20H22F3N3O4S. The zero-order chi connectivity index (χ0) is 22.6. The van der Waals surface area contributed by atoms with Crippen LogP contribution >= 0.6 is 0 Å². The van der Waals surface area contributed by atoms with E-state index in [-0.39, 0.29) is 23.7 Å². The van der Waals surface area contributed by atoms with Gasteiger partial charge in [-0.25, -0.2) is 8.42 Å². The van der Waals surface area contributed by atoms with Crippen LogP contribution in [0.15, 0.2) is 53.4 Å². The standard InChI is InChI=1S/C20H22F3N3O4S/c1-30-17-5-7-18(8-6-17)31(28,29)26-11-9-14(10-12-26)19(27)25-24-16-4-2-3-15(13-16)20(21,22)23/h2-8,13-14,24H,9-12H2,1H3,(H,25,27). The number of hydrogen-bond donors (Lipinski definition) is 2. The minimum Gasteiger partial charge on any atom is -0.497 e. The number of amides is 1. The number of nitrogens with zero attached hydrogens (tertiary/aromatic N) is 1. The molecule has 31 heavy (non-hydrogen) atoms. The Hall–Kier alpha value is -2.79. The molecule has 0 radical (unpaired) electrons. The number of carbonyl (C=O) groups is 1. The normalized spacial score (nSPS) is 16.0. The number of ether oxygens (including phenoxy) is 1. The Balaban J connectivity index is 1.55. The van der Waals surface area contributed by atoms with Crippen molar-refractivity contribution in [2.45, 2.75) is 23.9 Å². The molecule has 3 rings (SSSR count).